The van der Waals surface area contributed by atoms with Crippen molar-refractivity contribution in [1.82, 2.24) is 15.5 Å². The van der Waals surface area contributed by atoms with Crippen LogP contribution in [0.5, 0.6) is 0 Å². The number of hydrogen-bond donors (Lipinski definition) is 2. The highest BCUT2D eigenvalue weighted by Crippen LogP contribution is 2.28. The van der Waals surface area contributed by atoms with Crippen LogP contribution in [0.4, 0.5) is 9.18 Å². The molecule has 1 saturated heterocycles. The molecule has 2 heterocycles. The summed E-state index contributed by atoms with van der Waals surface area (Å²) in [6.07, 6.45) is 7.29. The number of thiophene rings is 1. The SMILES string of the molecule is O=C(NC1CCN(C(=O)NC2CCCCC2)CC1)c1cc2c(F)cccc2s1. The van der Waals surface area contributed by atoms with E-state index in [1.165, 1.54) is 36.7 Å². The van der Waals surface area contributed by atoms with Crippen molar-refractivity contribution >= 4 is 33.4 Å². The first-order chi connectivity index (χ1) is 13.6. The minimum Gasteiger partial charge on any atom is -0.348 e. The minimum absolute atomic E-state index is 0.0247. The number of benzene rings is 1. The molecule has 0 radical (unpaired) electrons. The zero-order valence-electron chi connectivity index (χ0n) is 15.9. The molecule has 1 aromatic heterocycles. The van der Waals surface area contributed by atoms with Crippen LogP contribution in [0.2, 0.25) is 0 Å². The van der Waals surface area contributed by atoms with Crippen molar-refractivity contribution < 1.29 is 14.0 Å². The van der Waals surface area contributed by atoms with Crippen LogP contribution in [0.1, 0.15) is 54.6 Å². The number of hydrogen-bond acceptors (Lipinski definition) is 3. The van der Waals surface area contributed by atoms with Crippen LogP contribution in [0.3, 0.4) is 0 Å². The largest absolute Gasteiger partial charge is 0.348 e. The van der Waals surface area contributed by atoms with Gasteiger partial charge in [-0.1, -0.05) is 25.3 Å². The minimum atomic E-state index is -0.301. The Bertz CT molecular complexity index is 854. The Morgan fingerprint density at radius 2 is 1.71 bits per heavy atom. The fourth-order valence-electron chi connectivity index (χ4n) is 4.13. The van der Waals surface area contributed by atoms with Crippen LogP contribution in [0.15, 0.2) is 24.3 Å². The number of nitrogens with zero attached hydrogens (tertiary/aromatic N) is 1. The number of carbonyl (C=O) groups excluding carboxylic acids is 2. The molecule has 2 fully saturated rings. The molecule has 0 spiro atoms. The van der Waals surface area contributed by atoms with Gasteiger partial charge in [-0.25, -0.2) is 9.18 Å². The molecule has 3 amide bonds. The molecule has 7 heteroatoms. The molecule has 0 atom stereocenters. The highest BCUT2D eigenvalue weighted by atomic mass is 32.1. The van der Waals surface area contributed by atoms with Crippen molar-refractivity contribution in [2.45, 2.75) is 57.0 Å². The van der Waals surface area contributed by atoms with Gasteiger partial charge in [0.15, 0.2) is 0 Å². The van der Waals surface area contributed by atoms with E-state index in [-0.39, 0.29) is 23.8 Å². The summed E-state index contributed by atoms with van der Waals surface area (Å²) in [6, 6.07) is 6.89. The lowest BCUT2D eigenvalue weighted by Crippen LogP contribution is -2.51. The second kappa shape index (κ2) is 8.47. The number of amides is 3. The fraction of sp³-hybridized carbons (Fsp3) is 0.524. The van der Waals surface area contributed by atoms with Crippen molar-refractivity contribution in [2.75, 3.05) is 13.1 Å². The summed E-state index contributed by atoms with van der Waals surface area (Å²) in [5.41, 5.74) is 0. The Morgan fingerprint density at radius 1 is 1.00 bits per heavy atom. The molecule has 4 rings (SSSR count). The zero-order chi connectivity index (χ0) is 19.5. The standard InChI is InChI=1S/C21H26FN3O2S/c22-17-7-4-8-18-16(17)13-19(28-18)20(26)23-15-9-11-25(12-10-15)21(27)24-14-5-2-1-3-6-14/h4,7-8,13-15H,1-3,5-6,9-12H2,(H,23,26)(H,24,27). The predicted molar refractivity (Wildman–Crippen MR) is 109 cm³/mol. The quantitative estimate of drug-likeness (QED) is 0.804. The normalized spacial score (nSPS) is 19.0. The van der Waals surface area contributed by atoms with Crippen LogP contribution >= 0.6 is 11.3 Å². The fourth-order valence-corrected chi connectivity index (χ4v) is 5.11. The molecule has 2 N–H and O–H groups in total. The van der Waals surface area contributed by atoms with E-state index in [1.54, 1.807) is 12.1 Å². The molecular formula is C21H26FN3O2S. The van der Waals surface area contributed by atoms with E-state index in [9.17, 15) is 14.0 Å². The van der Waals surface area contributed by atoms with E-state index in [0.29, 0.717) is 29.4 Å². The smallest absolute Gasteiger partial charge is 0.317 e. The summed E-state index contributed by atoms with van der Waals surface area (Å²) in [7, 11) is 0. The molecule has 2 aliphatic rings. The van der Waals surface area contributed by atoms with Crippen molar-refractivity contribution in [3.8, 4) is 0 Å². The first kappa shape index (κ1) is 19.2. The van der Waals surface area contributed by atoms with Crippen LogP contribution in [0.25, 0.3) is 10.1 Å². The number of piperidine rings is 1. The second-order valence-electron chi connectivity index (χ2n) is 7.78. The molecule has 150 valence electrons. The number of likely N-dealkylation sites (tertiary alicyclic amines) is 1. The van der Waals surface area contributed by atoms with Gasteiger partial charge in [0.05, 0.1) is 4.88 Å². The zero-order valence-corrected chi connectivity index (χ0v) is 16.7. The van der Waals surface area contributed by atoms with Crippen LogP contribution in [0, 0.1) is 5.82 Å². The van der Waals surface area contributed by atoms with Crippen molar-refractivity contribution in [3.63, 3.8) is 0 Å². The third kappa shape index (κ3) is 4.29. The average molecular weight is 404 g/mol. The lowest BCUT2D eigenvalue weighted by Gasteiger charge is -2.34. The van der Waals surface area contributed by atoms with Gasteiger partial charge in [-0.05, 0) is 43.9 Å². The van der Waals surface area contributed by atoms with E-state index >= 15 is 0 Å². The molecule has 0 bridgehead atoms. The number of urea groups is 1. The Balaban J connectivity index is 1.28. The summed E-state index contributed by atoms with van der Waals surface area (Å²) in [4.78, 5) is 27.4. The highest BCUT2D eigenvalue weighted by molar-refractivity contribution is 7.20. The van der Waals surface area contributed by atoms with Crippen LogP contribution in [-0.2, 0) is 0 Å². The summed E-state index contributed by atoms with van der Waals surface area (Å²) >= 11 is 1.31. The molecule has 2 aromatic rings. The summed E-state index contributed by atoms with van der Waals surface area (Å²) < 4.78 is 14.6. The van der Waals surface area contributed by atoms with Gasteiger partial charge in [-0.2, -0.15) is 0 Å². The van der Waals surface area contributed by atoms with E-state index in [2.05, 4.69) is 10.6 Å². The number of nitrogens with one attached hydrogen (secondary N) is 2. The summed E-state index contributed by atoms with van der Waals surface area (Å²) in [6.45, 7) is 1.29. The maximum Gasteiger partial charge on any atom is 0.317 e. The maximum atomic E-state index is 13.8. The first-order valence-electron chi connectivity index (χ1n) is 10.1. The third-order valence-electron chi connectivity index (χ3n) is 5.78. The molecule has 0 unspecified atom stereocenters. The number of fused-ring (bicyclic) bond motifs is 1. The number of rotatable bonds is 3. The van der Waals surface area contributed by atoms with Gasteiger partial charge in [-0.3, -0.25) is 4.79 Å². The Labute approximate surface area is 168 Å². The van der Waals surface area contributed by atoms with Gasteiger partial charge >= 0.3 is 6.03 Å². The van der Waals surface area contributed by atoms with Crippen LogP contribution in [-0.4, -0.2) is 42.0 Å². The van der Waals surface area contributed by atoms with Gasteiger partial charge in [0, 0.05) is 35.3 Å². The van der Waals surface area contributed by atoms with E-state index in [1.807, 2.05) is 11.0 Å². The summed E-state index contributed by atoms with van der Waals surface area (Å²) in [5.74, 6) is -0.462. The maximum absolute atomic E-state index is 13.8. The van der Waals surface area contributed by atoms with Gasteiger partial charge in [-0.15, -0.1) is 11.3 Å². The van der Waals surface area contributed by atoms with Crippen molar-refractivity contribution in [2.24, 2.45) is 0 Å². The predicted octanol–water partition coefficient (Wildman–Crippen LogP) is 4.28. The average Bonchev–Trinajstić information content (AvgIpc) is 3.15. The van der Waals surface area contributed by atoms with Gasteiger partial charge < -0.3 is 15.5 Å². The molecule has 28 heavy (non-hydrogen) atoms. The molecule has 5 nitrogen and oxygen atoms in total. The molecule has 1 aliphatic carbocycles. The topological polar surface area (TPSA) is 61.4 Å². The summed E-state index contributed by atoms with van der Waals surface area (Å²) in [5, 5.41) is 6.70. The Kier molecular flexibility index (Phi) is 5.80. The number of halogens is 1. The van der Waals surface area contributed by atoms with E-state index in [0.717, 1.165) is 30.4 Å². The monoisotopic (exact) mass is 403 g/mol. The molecular weight excluding hydrogens is 377 g/mol. The van der Waals surface area contributed by atoms with E-state index in [4.69, 9.17) is 0 Å². The van der Waals surface area contributed by atoms with E-state index < -0.39 is 0 Å². The van der Waals surface area contributed by atoms with Crippen molar-refractivity contribution in [3.05, 3.63) is 35.0 Å². The Hall–Kier alpha value is -2.15. The third-order valence-corrected chi connectivity index (χ3v) is 6.88. The first-order valence-corrected chi connectivity index (χ1v) is 11.0. The van der Waals surface area contributed by atoms with Gasteiger partial charge in [0.2, 0.25) is 0 Å². The molecule has 1 saturated carbocycles. The molecule has 1 aromatic carbocycles. The lowest BCUT2D eigenvalue weighted by atomic mass is 9.95. The highest BCUT2D eigenvalue weighted by Gasteiger charge is 2.26. The second-order valence-corrected chi connectivity index (χ2v) is 8.87. The van der Waals surface area contributed by atoms with Crippen LogP contribution < -0.4 is 10.6 Å². The van der Waals surface area contributed by atoms with Gasteiger partial charge in [0.1, 0.15) is 5.82 Å². The molecule has 1 aliphatic heterocycles. The van der Waals surface area contributed by atoms with Crippen molar-refractivity contribution in [1.29, 1.82) is 0 Å². The van der Waals surface area contributed by atoms with Gasteiger partial charge in [0.25, 0.3) is 5.91 Å². The lowest BCUT2D eigenvalue weighted by molar-refractivity contribution is 0.0921. The Morgan fingerprint density at radius 3 is 2.43 bits per heavy atom. The number of carbonyl (C=O) groups is 2.